The largest absolute Gasteiger partial charge is 0.388 e. The van der Waals surface area contributed by atoms with Gasteiger partial charge in [-0.3, -0.25) is 10.1 Å². The summed E-state index contributed by atoms with van der Waals surface area (Å²) in [7, 11) is 2.00. The van der Waals surface area contributed by atoms with Crippen molar-refractivity contribution in [1.29, 1.82) is 5.41 Å². The van der Waals surface area contributed by atoms with Gasteiger partial charge in [0.15, 0.2) is 0 Å². The summed E-state index contributed by atoms with van der Waals surface area (Å²) >= 11 is 6.34. The van der Waals surface area contributed by atoms with Crippen molar-refractivity contribution in [3.8, 4) is 0 Å². The maximum absolute atomic E-state index is 7.23. The van der Waals surface area contributed by atoms with E-state index in [1.165, 1.54) is 0 Å². The van der Waals surface area contributed by atoms with Crippen molar-refractivity contribution < 1.29 is 0 Å². The van der Waals surface area contributed by atoms with Crippen LogP contribution in [0, 0.1) is 5.41 Å². The van der Waals surface area contributed by atoms with Crippen molar-refractivity contribution >= 4 is 17.4 Å². The summed E-state index contributed by atoms with van der Waals surface area (Å²) in [6.07, 6.45) is 1.42. The third-order valence-electron chi connectivity index (χ3n) is 2.88. The van der Waals surface area contributed by atoms with Crippen LogP contribution in [0.1, 0.15) is 31.7 Å². The minimum Gasteiger partial charge on any atom is -0.388 e. The lowest BCUT2D eigenvalue weighted by atomic mass is 10.3. The van der Waals surface area contributed by atoms with Crippen LogP contribution >= 0.6 is 11.6 Å². The molecule has 0 fully saturated rings. The van der Waals surface area contributed by atoms with E-state index in [0.717, 1.165) is 42.5 Å². The number of nitrogens with zero attached hydrogens (tertiary/aromatic N) is 3. The van der Waals surface area contributed by atoms with Gasteiger partial charge in [0.2, 0.25) is 0 Å². The van der Waals surface area contributed by atoms with E-state index in [4.69, 9.17) is 22.7 Å². The molecule has 0 atom stereocenters. The molecule has 18 heavy (non-hydrogen) atoms. The van der Waals surface area contributed by atoms with Gasteiger partial charge in [0.25, 0.3) is 0 Å². The molecule has 1 aromatic rings. The summed E-state index contributed by atoms with van der Waals surface area (Å²) < 4.78 is 1.95. The molecular weight excluding hydrogens is 250 g/mol. The number of rotatable bonds is 7. The normalized spacial score (nSPS) is 11.2. The Kier molecular flexibility index (Phi) is 5.62. The third-order valence-corrected chi connectivity index (χ3v) is 3.31. The van der Waals surface area contributed by atoms with Crippen LogP contribution in [-0.2, 0) is 19.5 Å². The number of hydrogen-bond acceptors (Lipinski definition) is 3. The van der Waals surface area contributed by atoms with E-state index < -0.39 is 0 Å². The second-order valence-electron chi connectivity index (χ2n) is 4.39. The number of nitrogens with one attached hydrogen (secondary N) is 1. The summed E-state index contributed by atoms with van der Waals surface area (Å²) in [5.74, 6) is 0.214. The van der Waals surface area contributed by atoms with Crippen molar-refractivity contribution in [1.82, 2.24) is 14.7 Å². The third kappa shape index (κ3) is 3.71. The zero-order valence-electron chi connectivity index (χ0n) is 11.3. The molecule has 0 saturated carbocycles. The Labute approximate surface area is 113 Å². The average molecular weight is 272 g/mol. The van der Waals surface area contributed by atoms with Gasteiger partial charge in [0.1, 0.15) is 0 Å². The fraction of sp³-hybridized carbons (Fsp3) is 0.667. The Morgan fingerprint density at radius 1 is 1.50 bits per heavy atom. The monoisotopic (exact) mass is 271 g/mol. The summed E-state index contributed by atoms with van der Waals surface area (Å²) in [5.41, 5.74) is 7.35. The minimum atomic E-state index is 0.214. The highest BCUT2D eigenvalue weighted by Gasteiger charge is 2.15. The maximum atomic E-state index is 7.23. The Hall–Kier alpha value is -1.07. The van der Waals surface area contributed by atoms with Gasteiger partial charge < -0.3 is 10.6 Å². The molecule has 0 bridgehead atoms. The molecule has 0 amide bonds. The number of halogens is 1. The lowest BCUT2D eigenvalue weighted by Gasteiger charge is -2.17. The molecule has 0 aromatic carbocycles. The zero-order valence-corrected chi connectivity index (χ0v) is 12.1. The molecule has 0 aliphatic heterocycles. The SMILES string of the molecule is CCc1nn(CC)c(CN(C)CCC(=N)N)c1Cl. The first-order valence-corrected chi connectivity index (χ1v) is 6.62. The smallest absolute Gasteiger partial charge is 0.0918 e. The van der Waals surface area contributed by atoms with E-state index in [9.17, 15) is 0 Å². The summed E-state index contributed by atoms with van der Waals surface area (Å²) in [5, 5.41) is 12.5. The first-order valence-electron chi connectivity index (χ1n) is 6.25. The molecule has 102 valence electrons. The lowest BCUT2D eigenvalue weighted by Crippen LogP contribution is -2.25. The molecule has 0 aliphatic carbocycles. The molecule has 1 heterocycles. The Balaban J connectivity index is 2.76. The van der Waals surface area contributed by atoms with E-state index in [1.54, 1.807) is 0 Å². The molecule has 1 aromatic heterocycles. The highest BCUT2D eigenvalue weighted by Crippen LogP contribution is 2.22. The molecule has 1 rings (SSSR count). The maximum Gasteiger partial charge on any atom is 0.0918 e. The minimum absolute atomic E-state index is 0.214. The second kappa shape index (κ2) is 6.75. The van der Waals surface area contributed by atoms with Crippen LogP contribution < -0.4 is 5.73 Å². The first kappa shape index (κ1) is 15.0. The molecule has 3 N–H and O–H groups in total. The van der Waals surface area contributed by atoms with Gasteiger partial charge >= 0.3 is 0 Å². The number of nitrogens with two attached hydrogens (primary N) is 1. The number of hydrogen-bond donors (Lipinski definition) is 2. The van der Waals surface area contributed by atoms with Crippen LogP contribution in [0.5, 0.6) is 0 Å². The predicted octanol–water partition coefficient (Wildman–Crippen LogP) is 1.88. The van der Waals surface area contributed by atoms with Gasteiger partial charge in [0, 0.05) is 26.1 Å². The number of aromatic nitrogens is 2. The van der Waals surface area contributed by atoms with Gasteiger partial charge in [-0.25, -0.2) is 0 Å². The highest BCUT2D eigenvalue weighted by atomic mass is 35.5. The Morgan fingerprint density at radius 2 is 2.17 bits per heavy atom. The molecule has 6 heteroatoms. The van der Waals surface area contributed by atoms with Crippen LogP contribution in [0.15, 0.2) is 0 Å². The van der Waals surface area contributed by atoms with Crippen molar-refractivity contribution in [2.24, 2.45) is 5.73 Å². The fourth-order valence-corrected chi connectivity index (χ4v) is 2.14. The summed E-state index contributed by atoms with van der Waals surface area (Å²) in [4.78, 5) is 2.11. The average Bonchev–Trinajstić information content (AvgIpc) is 2.63. The zero-order chi connectivity index (χ0) is 13.7. The van der Waals surface area contributed by atoms with Gasteiger partial charge in [-0.05, 0) is 20.4 Å². The summed E-state index contributed by atoms with van der Waals surface area (Å²) in [6, 6.07) is 0. The van der Waals surface area contributed by atoms with Gasteiger partial charge in [-0.1, -0.05) is 18.5 Å². The van der Waals surface area contributed by atoms with Crippen LogP contribution in [0.4, 0.5) is 0 Å². The highest BCUT2D eigenvalue weighted by molar-refractivity contribution is 6.31. The van der Waals surface area contributed by atoms with Crippen molar-refractivity contribution in [2.45, 2.75) is 39.8 Å². The van der Waals surface area contributed by atoms with Crippen LogP contribution in [0.3, 0.4) is 0 Å². The second-order valence-corrected chi connectivity index (χ2v) is 4.77. The van der Waals surface area contributed by atoms with E-state index >= 15 is 0 Å². The Bertz CT molecular complexity index is 413. The van der Waals surface area contributed by atoms with Crippen molar-refractivity contribution in [2.75, 3.05) is 13.6 Å². The van der Waals surface area contributed by atoms with Gasteiger partial charge in [-0.2, -0.15) is 5.10 Å². The molecule has 0 unspecified atom stereocenters. The first-order chi connectivity index (χ1) is 8.49. The molecule has 5 nitrogen and oxygen atoms in total. The van der Waals surface area contributed by atoms with Crippen LogP contribution in [0.25, 0.3) is 0 Å². The number of amidine groups is 1. The Morgan fingerprint density at radius 3 is 2.67 bits per heavy atom. The topological polar surface area (TPSA) is 70.9 Å². The van der Waals surface area contributed by atoms with Gasteiger partial charge in [0.05, 0.1) is 22.2 Å². The quantitative estimate of drug-likeness (QED) is 0.588. The van der Waals surface area contributed by atoms with E-state index in [2.05, 4.69) is 23.8 Å². The molecule has 0 spiro atoms. The van der Waals surface area contributed by atoms with E-state index in [1.807, 2.05) is 11.7 Å². The van der Waals surface area contributed by atoms with Crippen molar-refractivity contribution in [3.63, 3.8) is 0 Å². The molecule has 0 saturated heterocycles. The van der Waals surface area contributed by atoms with E-state index in [0.29, 0.717) is 6.42 Å². The fourth-order valence-electron chi connectivity index (χ4n) is 1.81. The van der Waals surface area contributed by atoms with E-state index in [-0.39, 0.29) is 5.84 Å². The standard InChI is InChI=1S/C12H22ClN5/c1-4-9-12(13)10(18(5-2)16-9)8-17(3)7-6-11(14)15/h4-8H2,1-3H3,(H3,14,15). The summed E-state index contributed by atoms with van der Waals surface area (Å²) in [6.45, 7) is 6.41. The number of aryl methyl sites for hydroxylation is 2. The van der Waals surface area contributed by atoms with Crippen LogP contribution in [-0.4, -0.2) is 34.1 Å². The van der Waals surface area contributed by atoms with Gasteiger partial charge in [-0.15, -0.1) is 0 Å². The molecular formula is C12H22ClN5. The van der Waals surface area contributed by atoms with Crippen LogP contribution in [0.2, 0.25) is 5.02 Å². The van der Waals surface area contributed by atoms with Crippen molar-refractivity contribution in [3.05, 3.63) is 16.4 Å². The molecule has 0 radical (unpaired) electrons. The lowest BCUT2D eigenvalue weighted by molar-refractivity contribution is 0.324. The predicted molar refractivity (Wildman–Crippen MR) is 75.2 cm³/mol. The molecule has 0 aliphatic rings.